The molecule has 0 saturated carbocycles. The number of hydrogen-bond acceptors (Lipinski definition) is 4. The number of carbonyl (C=O) groups is 2. The standard InChI is InChI=1S/C23H22N2O2S/c1-23(2)17-12-14(7-9-19(17)25(3)22(23)27)20(26)13-16-11-15(6-8-18(16)24)21-5-4-10-28-21/h4-12H,13,24H2,1-3H3. The van der Waals surface area contributed by atoms with Crippen molar-refractivity contribution in [2.75, 3.05) is 17.7 Å². The molecule has 2 N–H and O–H groups in total. The molecule has 0 radical (unpaired) electrons. The molecule has 1 amide bonds. The fraction of sp³-hybridized carbons (Fsp3) is 0.217. The van der Waals surface area contributed by atoms with Gasteiger partial charge in [-0.1, -0.05) is 12.1 Å². The molecule has 0 unspecified atom stereocenters. The van der Waals surface area contributed by atoms with E-state index < -0.39 is 5.41 Å². The van der Waals surface area contributed by atoms with Gasteiger partial charge >= 0.3 is 0 Å². The van der Waals surface area contributed by atoms with Gasteiger partial charge < -0.3 is 10.6 Å². The molecule has 0 saturated heterocycles. The summed E-state index contributed by atoms with van der Waals surface area (Å²) in [6.07, 6.45) is 0.230. The quantitative estimate of drug-likeness (QED) is 0.520. The van der Waals surface area contributed by atoms with Crippen LogP contribution in [-0.4, -0.2) is 18.7 Å². The molecule has 4 rings (SSSR count). The lowest BCUT2D eigenvalue weighted by molar-refractivity contribution is -0.121. The SMILES string of the molecule is CN1C(=O)C(C)(C)c2cc(C(=O)Cc3cc(-c4cccs4)ccc3N)ccc21. The van der Waals surface area contributed by atoms with Crippen LogP contribution >= 0.6 is 11.3 Å². The maximum Gasteiger partial charge on any atom is 0.236 e. The van der Waals surface area contributed by atoms with Gasteiger partial charge in [0.2, 0.25) is 5.91 Å². The van der Waals surface area contributed by atoms with E-state index in [0.717, 1.165) is 27.3 Å². The molecule has 5 heteroatoms. The van der Waals surface area contributed by atoms with Crippen LogP contribution in [0.5, 0.6) is 0 Å². The van der Waals surface area contributed by atoms with Crippen LogP contribution in [0.3, 0.4) is 0 Å². The molecule has 4 nitrogen and oxygen atoms in total. The number of rotatable bonds is 4. The summed E-state index contributed by atoms with van der Waals surface area (Å²) in [7, 11) is 1.77. The maximum absolute atomic E-state index is 13.0. The zero-order chi connectivity index (χ0) is 20.1. The monoisotopic (exact) mass is 390 g/mol. The van der Waals surface area contributed by atoms with E-state index in [9.17, 15) is 9.59 Å². The smallest absolute Gasteiger partial charge is 0.236 e. The summed E-state index contributed by atoms with van der Waals surface area (Å²) in [6, 6.07) is 15.4. The van der Waals surface area contributed by atoms with Gasteiger partial charge in [-0.3, -0.25) is 9.59 Å². The Morgan fingerprint density at radius 3 is 2.64 bits per heavy atom. The van der Waals surface area contributed by atoms with Crippen molar-refractivity contribution < 1.29 is 9.59 Å². The topological polar surface area (TPSA) is 63.4 Å². The van der Waals surface area contributed by atoms with E-state index in [-0.39, 0.29) is 18.1 Å². The molecule has 2 heterocycles. The Labute approximate surface area is 168 Å². The Kier molecular flexibility index (Phi) is 4.35. The molecular formula is C23H22N2O2S. The molecule has 0 fully saturated rings. The van der Waals surface area contributed by atoms with Gasteiger partial charge in [-0.15, -0.1) is 11.3 Å². The summed E-state index contributed by atoms with van der Waals surface area (Å²) in [5.41, 5.74) is 10.4. The lowest BCUT2D eigenvalue weighted by Gasteiger charge is -2.16. The zero-order valence-electron chi connectivity index (χ0n) is 16.2. The normalized spacial score (nSPS) is 15.0. The Morgan fingerprint density at radius 2 is 1.93 bits per heavy atom. The number of nitrogens with two attached hydrogens (primary N) is 1. The molecule has 1 aliphatic heterocycles. The van der Waals surface area contributed by atoms with Crippen molar-refractivity contribution in [1.29, 1.82) is 0 Å². The number of nitrogens with zero attached hydrogens (tertiary/aromatic N) is 1. The van der Waals surface area contributed by atoms with Gasteiger partial charge in [-0.25, -0.2) is 0 Å². The first kappa shape index (κ1) is 18.4. The number of fused-ring (bicyclic) bond motifs is 1. The van der Waals surface area contributed by atoms with Crippen molar-refractivity contribution in [3.8, 4) is 10.4 Å². The van der Waals surface area contributed by atoms with E-state index in [2.05, 4.69) is 6.07 Å². The maximum atomic E-state index is 13.0. The minimum absolute atomic E-state index is 0.00404. The van der Waals surface area contributed by atoms with Gasteiger partial charge in [0.05, 0.1) is 5.41 Å². The highest BCUT2D eigenvalue weighted by atomic mass is 32.1. The summed E-state index contributed by atoms with van der Waals surface area (Å²) in [6.45, 7) is 3.79. The summed E-state index contributed by atoms with van der Waals surface area (Å²) in [5, 5.41) is 2.03. The molecule has 2 aromatic carbocycles. The van der Waals surface area contributed by atoms with Crippen LogP contribution in [0, 0.1) is 0 Å². The van der Waals surface area contributed by atoms with E-state index in [4.69, 9.17) is 5.73 Å². The largest absolute Gasteiger partial charge is 0.398 e. The highest BCUT2D eigenvalue weighted by Crippen LogP contribution is 2.41. The number of likely N-dealkylation sites (N-methyl/N-ethyl adjacent to an activating group) is 1. The van der Waals surface area contributed by atoms with Gasteiger partial charge in [0.1, 0.15) is 0 Å². The molecule has 1 aliphatic rings. The highest BCUT2D eigenvalue weighted by molar-refractivity contribution is 7.13. The first-order chi connectivity index (χ1) is 13.3. The minimum atomic E-state index is -0.626. The van der Waals surface area contributed by atoms with Crippen molar-refractivity contribution in [2.24, 2.45) is 0 Å². The van der Waals surface area contributed by atoms with E-state index in [1.54, 1.807) is 29.4 Å². The van der Waals surface area contributed by atoms with Crippen molar-refractivity contribution in [3.63, 3.8) is 0 Å². The second-order valence-electron chi connectivity index (χ2n) is 7.71. The molecular weight excluding hydrogens is 368 g/mol. The first-order valence-corrected chi connectivity index (χ1v) is 10.0. The lowest BCUT2D eigenvalue weighted by Crippen LogP contribution is -2.33. The molecule has 28 heavy (non-hydrogen) atoms. The van der Waals surface area contributed by atoms with Crippen LogP contribution in [0.1, 0.15) is 35.3 Å². The van der Waals surface area contributed by atoms with E-state index in [1.807, 2.05) is 55.6 Å². The van der Waals surface area contributed by atoms with Crippen molar-refractivity contribution >= 4 is 34.4 Å². The summed E-state index contributed by atoms with van der Waals surface area (Å²) >= 11 is 1.66. The third kappa shape index (κ3) is 2.92. The predicted octanol–water partition coefficient (Wildman–Crippen LogP) is 4.68. The number of carbonyl (C=O) groups excluding carboxylic acids is 2. The summed E-state index contributed by atoms with van der Waals surface area (Å²) in [4.78, 5) is 28.3. The fourth-order valence-electron chi connectivity index (χ4n) is 3.78. The Bertz CT molecular complexity index is 1080. The van der Waals surface area contributed by atoms with Crippen LogP contribution in [0.15, 0.2) is 53.9 Å². The number of nitrogen functional groups attached to an aromatic ring is 1. The van der Waals surface area contributed by atoms with E-state index >= 15 is 0 Å². The first-order valence-electron chi connectivity index (χ1n) is 9.17. The van der Waals surface area contributed by atoms with Gasteiger partial charge in [0, 0.05) is 35.3 Å². The van der Waals surface area contributed by atoms with Crippen molar-refractivity contribution in [1.82, 2.24) is 0 Å². The lowest BCUT2D eigenvalue weighted by atomic mass is 9.84. The van der Waals surface area contributed by atoms with Crippen molar-refractivity contribution in [2.45, 2.75) is 25.7 Å². The van der Waals surface area contributed by atoms with Crippen molar-refractivity contribution in [3.05, 3.63) is 70.6 Å². The number of ketones is 1. The fourth-order valence-corrected chi connectivity index (χ4v) is 4.50. The molecule has 0 bridgehead atoms. The number of benzene rings is 2. The zero-order valence-corrected chi connectivity index (χ0v) is 17.0. The van der Waals surface area contributed by atoms with Crippen LogP contribution in [0.25, 0.3) is 10.4 Å². The second-order valence-corrected chi connectivity index (χ2v) is 8.66. The third-order valence-corrected chi connectivity index (χ3v) is 6.41. The average Bonchev–Trinajstić information content (AvgIpc) is 3.27. The number of amides is 1. The van der Waals surface area contributed by atoms with Gasteiger partial charge in [0.15, 0.2) is 5.78 Å². The predicted molar refractivity (Wildman–Crippen MR) is 115 cm³/mol. The molecule has 0 atom stereocenters. The molecule has 0 aliphatic carbocycles. The van der Waals surface area contributed by atoms with Crippen LogP contribution < -0.4 is 10.6 Å². The number of hydrogen-bond donors (Lipinski definition) is 1. The Hall–Kier alpha value is -2.92. The number of anilines is 2. The number of thiophene rings is 1. The van der Waals surface area contributed by atoms with E-state index in [1.165, 1.54) is 0 Å². The van der Waals surface area contributed by atoms with Crippen LogP contribution in [0.4, 0.5) is 11.4 Å². The molecule has 3 aromatic rings. The van der Waals surface area contributed by atoms with Crippen LogP contribution in [-0.2, 0) is 16.6 Å². The van der Waals surface area contributed by atoms with Gasteiger partial charge in [0.25, 0.3) is 0 Å². The number of Topliss-reactive ketones (excluding diaryl/α,β-unsaturated/α-hetero) is 1. The van der Waals surface area contributed by atoms with Gasteiger partial charge in [-0.2, -0.15) is 0 Å². The second kappa shape index (κ2) is 6.60. The Balaban J connectivity index is 1.65. The Morgan fingerprint density at radius 1 is 1.14 bits per heavy atom. The van der Waals surface area contributed by atoms with E-state index in [0.29, 0.717) is 11.3 Å². The minimum Gasteiger partial charge on any atom is -0.398 e. The summed E-state index contributed by atoms with van der Waals surface area (Å²) in [5.74, 6) is 0.0376. The molecule has 0 spiro atoms. The van der Waals surface area contributed by atoms with Gasteiger partial charge in [-0.05, 0) is 72.3 Å². The highest BCUT2D eigenvalue weighted by Gasteiger charge is 2.42. The molecule has 1 aromatic heterocycles. The molecule has 142 valence electrons. The third-order valence-electron chi connectivity index (χ3n) is 5.49. The van der Waals surface area contributed by atoms with Crippen LogP contribution in [0.2, 0.25) is 0 Å². The summed E-state index contributed by atoms with van der Waals surface area (Å²) < 4.78 is 0. The average molecular weight is 391 g/mol.